The summed E-state index contributed by atoms with van der Waals surface area (Å²) in [4.78, 5) is 24.9. The van der Waals surface area contributed by atoms with Gasteiger partial charge in [0.05, 0.1) is 0 Å². The van der Waals surface area contributed by atoms with Crippen molar-refractivity contribution in [2.45, 2.75) is 40.2 Å². The number of nitrogens with zero attached hydrogens (tertiary/aromatic N) is 1. The Kier molecular flexibility index (Phi) is 5.13. The van der Waals surface area contributed by atoms with Crippen LogP contribution in [0.25, 0.3) is 0 Å². The third-order valence-electron chi connectivity index (χ3n) is 2.72. The van der Waals surface area contributed by atoms with Gasteiger partial charge in [-0.3, -0.25) is 4.79 Å². The monoisotopic (exact) mass is 278 g/mol. The molecule has 1 N–H and O–H groups in total. The predicted molar refractivity (Wildman–Crippen MR) is 78.9 cm³/mol. The van der Waals surface area contributed by atoms with E-state index in [-0.39, 0.29) is 11.6 Å². The zero-order chi connectivity index (χ0) is 15.3. The molecule has 1 rings (SSSR count). The van der Waals surface area contributed by atoms with Crippen LogP contribution in [0.4, 0.5) is 10.5 Å². The Morgan fingerprint density at radius 2 is 1.95 bits per heavy atom. The largest absolute Gasteiger partial charge is 0.427 e. The van der Waals surface area contributed by atoms with E-state index in [1.54, 1.807) is 29.2 Å². The molecule has 1 aromatic rings. The van der Waals surface area contributed by atoms with Crippen molar-refractivity contribution in [1.82, 2.24) is 4.90 Å². The molecule has 0 aromatic heterocycles. The summed E-state index contributed by atoms with van der Waals surface area (Å²) in [5.41, 5.74) is 0.336. The van der Waals surface area contributed by atoms with Crippen LogP contribution in [-0.2, 0) is 4.79 Å². The number of amides is 2. The Labute approximate surface area is 119 Å². The Morgan fingerprint density at radius 1 is 1.30 bits per heavy atom. The molecule has 0 saturated heterocycles. The lowest BCUT2D eigenvalue weighted by atomic mass is 10.1. The highest BCUT2D eigenvalue weighted by Gasteiger charge is 2.24. The van der Waals surface area contributed by atoms with E-state index < -0.39 is 5.97 Å². The van der Waals surface area contributed by atoms with Gasteiger partial charge in [-0.1, -0.05) is 6.07 Å². The van der Waals surface area contributed by atoms with Crippen molar-refractivity contribution in [3.63, 3.8) is 0 Å². The normalized spacial score (nSPS) is 10.8. The van der Waals surface area contributed by atoms with Gasteiger partial charge in [-0.25, -0.2) is 4.79 Å². The van der Waals surface area contributed by atoms with Crippen LogP contribution in [0.5, 0.6) is 5.75 Å². The van der Waals surface area contributed by atoms with Gasteiger partial charge in [0, 0.05) is 30.8 Å². The highest BCUT2D eigenvalue weighted by atomic mass is 16.5. The summed E-state index contributed by atoms with van der Waals surface area (Å²) in [5.74, 6) is 0.0208. The molecule has 0 aliphatic rings. The topological polar surface area (TPSA) is 58.6 Å². The van der Waals surface area contributed by atoms with E-state index in [1.807, 2.05) is 27.7 Å². The van der Waals surface area contributed by atoms with E-state index in [1.165, 1.54) is 6.92 Å². The molecule has 0 radical (unpaired) electrons. The average molecular weight is 278 g/mol. The van der Waals surface area contributed by atoms with Crippen molar-refractivity contribution in [3.8, 4) is 5.75 Å². The van der Waals surface area contributed by atoms with E-state index in [2.05, 4.69) is 5.32 Å². The number of carbonyl (C=O) groups is 2. The van der Waals surface area contributed by atoms with Gasteiger partial charge in [0.15, 0.2) is 0 Å². The lowest BCUT2D eigenvalue weighted by molar-refractivity contribution is -0.131. The van der Waals surface area contributed by atoms with Gasteiger partial charge < -0.3 is 15.0 Å². The van der Waals surface area contributed by atoms with Crippen molar-refractivity contribution in [1.29, 1.82) is 0 Å². The SMILES string of the molecule is CCN(C(=O)Nc1cccc(OC(C)=O)c1)C(C)(C)C. The number of rotatable bonds is 3. The van der Waals surface area contributed by atoms with Gasteiger partial charge in [-0.05, 0) is 39.8 Å². The fraction of sp³-hybridized carbons (Fsp3) is 0.467. The Morgan fingerprint density at radius 3 is 2.45 bits per heavy atom. The molecular formula is C15H22N2O3. The smallest absolute Gasteiger partial charge is 0.322 e. The second-order valence-corrected chi connectivity index (χ2v) is 5.47. The van der Waals surface area contributed by atoms with Crippen LogP contribution >= 0.6 is 0 Å². The van der Waals surface area contributed by atoms with Crippen LogP contribution in [0.2, 0.25) is 0 Å². The van der Waals surface area contributed by atoms with Gasteiger partial charge >= 0.3 is 12.0 Å². The van der Waals surface area contributed by atoms with E-state index in [0.29, 0.717) is 18.0 Å². The molecule has 0 atom stereocenters. The third-order valence-corrected chi connectivity index (χ3v) is 2.72. The van der Waals surface area contributed by atoms with Gasteiger partial charge in [-0.2, -0.15) is 0 Å². The Balaban J connectivity index is 2.82. The van der Waals surface area contributed by atoms with E-state index in [9.17, 15) is 9.59 Å². The first-order valence-corrected chi connectivity index (χ1v) is 6.61. The maximum absolute atomic E-state index is 12.2. The van der Waals surface area contributed by atoms with E-state index in [0.717, 1.165) is 0 Å². The molecule has 0 saturated carbocycles. The molecule has 20 heavy (non-hydrogen) atoms. The van der Waals surface area contributed by atoms with Crippen LogP contribution in [0.1, 0.15) is 34.6 Å². The van der Waals surface area contributed by atoms with Crippen molar-refractivity contribution in [2.75, 3.05) is 11.9 Å². The molecule has 0 heterocycles. The predicted octanol–water partition coefficient (Wildman–Crippen LogP) is 3.26. The number of esters is 1. The summed E-state index contributed by atoms with van der Waals surface area (Å²) in [6, 6.07) is 6.58. The number of carbonyl (C=O) groups excluding carboxylic acids is 2. The minimum Gasteiger partial charge on any atom is -0.427 e. The molecule has 0 aliphatic heterocycles. The zero-order valence-corrected chi connectivity index (χ0v) is 12.7. The molecule has 0 spiro atoms. The molecule has 5 nitrogen and oxygen atoms in total. The van der Waals surface area contributed by atoms with Crippen molar-refractivity contribution in [3.05, 3.63) is 24.3 Å². The third kappa shape index (κ3) is 4.57. The van der Waals surface area contributed by atoms with Crippen molar-refractivity contribution >= 4 is 17.7 Å². The maximum Gasteiger partial charge on any atom is 0.322 e. The highest BCUT2D eigenvalue weighted by molar-refractivity contribution is 5.90. The second kappa shape index (κ2) is 6.41. The summed E-state index contributed by atoms with van der Waals surface area (Å²) in [6.07, 6.45) is 0. The van der Waals surface area contributed by atoms with Gasteiger partial charge in [0.1, 0.15) is 5.75 Å². The number of ether oxygens (including phenoxy) is 1. The molecule has 1 aromatic carbocycles. The van der Waals surface area contributed by atoms with Gasteiger partial charge in [0.2, 0.25) is 0 Å². The average Bonchev–Trinajstić information content (AvgIpc) is 2.26. The quantitative estimate of drug-likeness (QED) is 0.682. The van der Waals surface area contributed by atoms with Crippen LogP contribution < -0.4 is 10.1 Å². The number of hydrogen-bond donors (Lipinski definition) is 1. The molecular weight excluding hydrogens is 256 g/mol. The zero-order valence-electron chi connectivity index (χ0n) is 12.7. The van der Waals surface area contributed by atoms with Gasteiger partial charge in [0.25, 0.3) is 0 Å². The lowest BCUT2D eigenvalue weighted by Crippen LogP contribution is -2.47. The number of hydrogen-bond acceptors (Lipinski definition) is 3. The minimum atomic E-state index is -0.390. The number of urea groups is 1. The number of nitrogens with one attached hydrogen (secondary N) is 1. The number of benzene rings is 1. The minimum absolute atomic E-state index is 0.181. The fourth-order valence-corrected chi connectivity index (χ4v) is 1.92. The molecule has 0 unspecified atom stereocenters. The second-order valence-electron chi connectivity index (χ2n) is 5.47. The van der Waals surface area contributed by atoms with Crippen LogP contribution in [-0.4, -0.2) is 29.0 Å². The van der Waals surface area contributed by atoms with Crippen molar-refractivity contribution < 1.29 is 14.3 Å². The first-order chi connectivity index (χ1) is 9.24. The lowest BCUT2D eigenvalue weighted by Gasteiger charge is -2.34. The fourth-order valence-electron chi connectivity index (χ4n) is 1.92. The maximum atomic E-state index is 12.2. The summed E-state index contributed by atoms with van der Waals surface area (Å²) in [6.45, 7) is 9.81. The van der Waals surface area contributed by atoms with Crippen LogP contribution in [0.3, 0.4) is 0 Å². The molecule has 0 aliphatic carbocycles. The molecule has 5 heteroatoms. The standard InChI is InChI=1S/C15H22N2O3/c1-6-17(15(3,4)5)14(19)16-12-8-7-9-13(10-12)20-11(2)18/h7-10H,6H2,1-5H3,(H,16,19). The molecule has 110 valence electrons. The van der Waals surface area contributed by atoms with Crippen LogP contribution in [0.15, 0.2) is 24.3 Å². The first kappa shape index (κ1) is 16.0. The summed E-state index contributed by atoms with van der Waals surface area (Å²) in [5, 5.41) is 2.81. The van der Waals surface area contributed by atoms with Crippen molar-refractivity contribution in [2.24, 2.45) is 0 Å². The first-order valence-electron chi connectivity index (χ1n) is 6.61. The van der Waals surface area contributed by atoms with Crippen LogP contribution in [0, 0.1) is 0 Å². The summed E-state index contributed by atoms with van der Waals surface area (Å²) >= 11 is 0. The molecule has 2 amide bonds. The molecule has 0 bridgehead atoms. The van der Waals surface area contributed by atoms with E-state index in [4.69, 9.17) is 4.74 Å². The molecule has 0 fully saturated rings. The summed E-state index contributed by atoms with van der Waals surface area (Å²) in [7, 11) is 0. The number of anilines is 1. The summed E-state index contributed by atoms with van der Waals surface area (Å²) < 4.78 is 4.99. The Bertz CT molecular complexity index is 492. The van der Waals surface area contributed by atoms with Gasteiger partial charge in [-0.15, -0.1) is 0 Å². The Hall–Kier alpha value is -2.04. The van der Waals surface area contributed by atoms with E-state index >= 15 is 0 Å². The highest BCUT2D eigenvalue weighted by Crippen LogP contribution is 2.20.